The molecular formula is C18H36N4. The fourth-order valence-electron chi connectivity index (χ4n) is 5.20. The standard InChI is InChI=1S/C18H36N4/c1-16(2,14-19)15-21-8-4-18(5-9-21)12-17(3,13-18)22-10-6-20-7-11-22/h20H,4-15,19H2,1-3H3. The Labute approximate surface area is 136 Å². The highest BCUT2D eigenvalue weighted by Gasteiger charge is 2.54. The molecule has 1 spiro atoms. The fourth-order valence-corrected chi connectivity index (χ4v) is 5.20. The molecule has 0 aromatic rings. The van der Waals surface area contributed by atoms with E-state index in [-0.39, 0.29) is 5.41 Å². The second-order valence-corrected chi connectivity index (χ2v) is 9.23. The SMILES string of the molecule is CC(C)(CN)CN1CCC2(CC1)CC(C)(N1CCNCC1)C2. The van der Waals surface area contributed by atoms with Gasteiger partial charge in [0.05, 0.1) is 0 Å². The van der Waals surface area contributed by atoms with E-state index < -0.39 is 0 Å². The normalized spacial score (nSPS) is 29.5. The van der Waals surface area contributed by atoms with E-state index >= 15 is 0 Å². The fraction of sp³-hybridized carbons (Fsp3) is 1.00. The zero-order valence-corrected chi connectivity index (χ0v) is 15.0. The van der Waals surface area contributed by atoms with Crippen molar-refractivity contribution in [3.8, 4) is 0 Å². The summed E-state index contributed by atoms with van der Waals surface area (Å²) in [6.07, 6.45) is 5.65. The van der Waals surface area contributed by atoms with Gasteiger partial charge in [0.15, 0.2) is 0 Å². The van der Waals surface area contributed by atoms with Gasteiger partial charge in [0.2, 0.25) is 0 Å². The van der Waals surface area contributed by atoms with Crippen molar-refractivity contribution < 1.29 is 0 Å². The molecule has 0 bridgehead atoms. The van der Waals surface area contributed by atoms with Crippen LogP contribution in [0.5, 0.6) is 0 Å². The third kappa shape index (κ3) is 3.35. The van der Waals surface area contributed by atoms with Crippen LogP contribution in [0.15, 0.2) is 0 Å². The maximum Gasteiger partial charge on any atom is 0.0193 e. The van der Waals surface area contributed by atoms with E-state index in [2.05, 4.69) is 35.9 Å². The smallest absolute Gasteiger partial charge is 0.0193 e. The van der Waals surface area contributed by atoms with Crippen molar-refractivity contribution in [3.05, 3.63) is 0 Å². The zero-order valence-electron chi connectivity index (χ0n) is 15.0. The second-order valence-electron chi connectivity index (χ2n) is 9.23. The molecule has 3 N–H and O–H groups in total. The molecule has 0 atom stereocenters. The van der Waals surface area contributed by atoms with Gasteiger partial charge in [-0.2, -0.15) is 0 Å². The van der Waals surface area contributed by atoms with E-state index in [1.165, 1.54) is 65.0 Å². The average molecular weight is 309 g/mol. The van der Waals surface area contributed by atoms with Gasteiger partial charge in [-0.3, -0.25) is 4.90 Å². The summed E-state index contributed by atoms with van der Waals surface area (Å²) < 4.78 is 0. The van der Waals surface area contributed by atoms with E-state index in [4.69, 9.17) is 5.73 Å². The number of nitrogens with zero attached hydrogens (tertiary/aromatic N) is 2. The molecule has 2 heterocycles. The van der Waals surface area contributed by atoms with E-state index in [9.17, 15) is 0 Å². The summed E-state index contributed by atoms with van der Waals surface area (Å²) in [6, 6.07) is 0. The highest BCUT2D eigenvalue weighted by atomic mass is 15.3. The van der Waals surface area contributed by atoms with Crippen LogP contribution in [0.2, 0.25) is 0 Å². The van der Waals surface area contributed by atoms with Crippen LogP contribution in [0.25, 0.3) is 0 Å². The predicted octanol–water partition coefficient (Wildman–Crippen LogP) is 1.51. The van der Waals surface area contributed by atoms with Gasteiger partial charge in [0, 0.05) is 38.3 Å². The first-order valence-corrected chi connectivity index (χ1v) is 9.25. The number of hydrogen-bond donors (Lipinski definition) is 2. The molecular weight excluding hydrogens is 272 g/mol. The first kappa shape index (κ1) is 16.7. The minimum Gasteiger partial charge on any atom is -0.330 e. The monoisotopic (exact) mass is 308 g/mol. The third-order valence-corrected chi connectivity index (χ3v) is 6.51. The summed E-state index contributed by atoms with van der Waals surface area (Å²) in [5, 5.41) is 3.48. The van der Waals surface area contributed by atoms with Gasteiger partial charge in [-0.15, -0.1) is 0 Å². The van der Waals surface area contributed by atoms with Gasteiger partial charge in [-0.1, -0.05) is 13.8 Å². The molecule has 22 heavy (non-hydrogen) atoms. The molecule has 3 aliphatic rings. The molecule has 4 heteroatoms. The predicted molar refractivity (Wildman–Crippen MR) is 93.0 cm³/mol. The maximum absolute atomic E-state index is 5.89. The molecule has 4 nitrogen and oxygen atoms in total. The van der Waals surface area contributed by atoms with Gasteiger partial charge in [-0.25, -0.2) is 0 Å². The number of likely N-dealkylation sites (tertiary alicyclic amines) is 1. The van der Waals surface area contributed by atoms with Crippen LogP contribution in [0.1, 0.15) is 46.5 Å². The molecule has 0 radical (unpaired) electrons. The Kier molecular flexibility index (Phi) is 4.59. The summed E-state index contributed by atoms with van der Waals surface area (Å²) in [6.45, 7) is 16.4. The highest BCUT2D eigenvalue weighted by Crippen LogP contribution is 2.57. The van der Waals surface area contributed by atoms with Crippen molar-refractivity contribution in [2.45, 2.75) is 52.0 Å². The van der Waals surface area contributed by atoms with Crippen molar-refractivity contribution in [3.63, 3.8) is 0 Å². The van der Waals surface area contributed by atoms with E-state index in [0.29, 0.717) is 11.0 Å². The molecule has 2 aliphatic heterocycles. The Balaban J connectivity index is 1.48. The Hall–Kier alpha value is -0.160. The number of piperidine rings is 1. The Morgan fingerprint density at radius 2 is 1.64 bits per heavy atom. The Morgan fingerprint density at radius 3 is 2.18 bits per heavy atom. The largest absolute Gasteiger partial charge is 0.330 e. The molecule has 3 fully saturated rings. The quantitative estimate of drug-likeness (QED) is 0.826. The highest BCUT2D eigenvalue weighted by molar-refractivity contribution is 5.09. The minimum atomic E-state index is 0.263. The lowest BCUT2D eigenvalue weighted by molar-refractivity contribution is -0.107. The number of hydrogen-bond acceptors (Lipinski definition) is 4. The number of nitrogens with two attached hydrogens (primary N) is 1. The van der Waals surface area contributed by atoms with Crippen molar-refractivity contribution in [1.29, 1.82) is 0 Å². The second kappa shape index (κ2) is 6.04. The Bertz CT molecular complexity index is 371. The summed E-state index contributed by atoms with van der Waals surface area (Å²) in [4.78, 5) is 5.40. The van der Waals surface area contributed by atoms with Crippen LogP contribution in [0.4, 0.5) is 0 Å². The van der Waals surface area contributed by atoms with Gasteiger partial charge in [-0.05, 0) is 63.1 Å². The van der Waals surface area contributed by atoms with Crippen LogP contribution >= 0.6 is 0 Å². The van der Waals surface area contributed by atoms with Crippen molar-refractivity contribution in [1.82, 2.24) is 15.1 Å². The molecule has 128 valence electrons. The minimum absolute atomic E-state index is 0.263. The zero-order chi connectivity index (χ0) is 15.8. The van der Waals surface area contributed by atoms with Gasteiger partial charge in [0.1, 0.15) is 0 Å². The van der Waals surface area contributed by atoms with Crippen LogP contribution in [-0.2, 0) is 0 Å². The molecule has 0 unspecified atom stereocenters. The lowest BCUT2D eigenvalue weighted by Crippen LogP contribution is -2.65. The van der Waals surface area contributed by atoms with Crippen LogP contribution in [0, 0.1) is 10.8 Å². The molecule has 0 aromatic carbocycles. The molecule has 1 saturated carbocycles. The van der Waals surface area contributed by atoms with Gasteiger partial charge >= 0.3 is 0 Å². The molecule has 2 saturated heterocycles. The summed E-state index contributed by atoms with van der Waals surface area (Å²) in [5.74, 6) is 0. The van der Waals surface area contributed by atoms with Gasteiger partial charge < -0.3 is 16.0 Å². The van der Waals surface area contributed by atoms with Gasteiger partial charge in [0.25, 0.3) is 0 Å². The molecule has 0 amide bonds. The number of rotatable bonds is 4. The first-order valence-electron chi connectivity index (χ1n) is 9.25. The summed E-state index contributed by atoms with van der Waals surface area (Å²) >= 11 is 0. The van der Waals surface area contributed by atoms with E-state index in [1.54, 1.807) is 0 Å². The van der Waals surface area contributed by atoms with E-state index in [1.807, 2.05) is 0 Å². The summed E-state index contributed by atoms with van der Waals surface area (Å²) in [7, 11) is 0. The van der Waals surface area contributed by atoms with E-state index in [0.717, 1.165) is 13.1 Å². The summed E-state index contributed by atoms with van der Waals surface area (Å²) in [5.41, 5.74) is 7.30. The van der Waals surface area contributed by atoms with Crippen LogP contribution in [0.3, 0.4) is 0 Å². The number of nitrogens with one attached hydrogen (secondary N) is 1. The molecule has 0 aromatic heterocycles. The lowest BCUT2D eigenvalue weighted by Gasteiger charge is -2.62. The van der Waals surface area contributed by atoms with Crippen LogP contribution < -0.4 is 11.1 Å². The van der Waals surface area contributed by atoms with Crippen molar-refractivity contribution in [2.75, 3.05) is 52.4 Å². The van der Waals surface area contributed by atoms with Crippen molar-refractivity contribution >= 4 is 0 Å². The molecule has 1 aliphatic carbocycles. The molecule has 3 rings (SSSR count). The maximum atomic E-state index is 5.89. The average Bonchev–Trinajstić information content (AvgIpc) is 2.49. The number of piperazine rings is 1. The topological polar surface area (TPSA) is 44.5 Å². The van der Waals surface area contributed by atoms with Crippen LogP contribution in [-0.4, -0.2) is 67.7 Å². The lowest BCUT2D eigenvalue weighted by atomic mass is 9.53. The van der Waals surface area contributed by atoms with Crippen molar-refractivity contribution in [2.24, 2.45) is 16.6 Å². The Morgan fingerprint density at radius 1 is 1.05 bits per heavy atom. The third-order valence-electron chi connectivity index (χ3n) is 6.51. The first-order chi connectivity index (χ1) is 10.4.